The second kappa shape index (κ2) is 8.24. The fourth-order valence-corrected chi connectivity index (χ4v) is 3.66. The number of ether oxygens (including phenoxy) is 1. The van der Waals surface area contributed by atoms with Crippen molar-refractivity contribution in [3.05, 3.63) is 89.8 Å². The van der Waals surface area contributed by atoms with Gasteiger partial charge in [0.1, 0.15) is 22.9 Å². The van der Waals surface area contributed by atoms with Crippen LogP contribution in [0.4, 0.5) is 5.82 Å². The zero-order valence-corrected chi connectivity index (χ0v) is 17.8. The van der Waals surface area contributed by atoms with Crippen molar-refractivity contribution >= 4 is 29.3 Å². The Bertz CT molecular complexity index is 1450. The minimum atomic E-state index is 0.0641. The lowest BCUT2D eigenvalue weighted by molar-refractivity contribution is 0.373. The number of aromatic nitrogens is 2. The number of halogens is 1. The molecule has 0 aliphatic rings. The number of imidazole rings is 1. The topological polar surface area (TPSA) is 72.3 Å². The van der Waals surface area contributed by atoms with Gasteiger partial charge in [-0.2, -0.15) is 0 Å². The molecule has 2 aromatic carbocycles. The molecule has 32 heavy (non-hydrogen) atoms. The first kappa shape index (κ1) is 19.9. The van der Waals surface area contributed by atoms with E-state index >= 15 is 0 Å². The fourth-order valence-electron chi connectivity index (χ4n) is 3.47. The van der Waals surface area contributed by atoms with Crippen molar-refractivity contribution in [2.75, 3.05) is 7.11 Å². The van der Waals surface area contributed by atoms with Gasteiger partial charge in [0.25, 0.3) is 0 Å². The van der Waals surface area contributed by atoms with Crippen LogP contribution in [0.5, 0.6) is 11.5 Å². The Kier molecular flexibility index (Phi) is 5.13. The minimum Gasteiger partial charge on any atom is -0.504 e. The molecule has 0 aliphatic heterocycles. The van der Waals surface area contributed by atoms with Crippen LogP contribution in [0.15, 0.2) is 88.4 Å². The summed E-state index contributed by atoms with van der Waals surface area (Å²) in [7, 11) is 1.51. The molecule has 3 aromatic heterocycles. The third-order valence-electron chi connectivity index (χ3n) is 5.01. The molecule has 1 N–H and O–H groups in total. The second-order valence-corrected chi connectivity index (χ2v) is 7.51. The number of fused-ring (bicyclic) bond motifs is 1. The standard InChI is InChI=1S/C25H18ClN3O3/c1-31-22-14-17(8-10-20(22)30)24-25(29-12-3-2-7-23(29)28-24)27-15-19-9-11-21(32-19)16-5-4-6-18(26)13-16/h2-15,30H,1H3/b27-15+. The third-order valence-corrected chi connectivity index (χ3v) is 5.24. The molecule has 0 unspecified atom stereocenters. The smallest absolute Gasteiger partial charge is 0.165 e. The van der Waals surface area contributed by atoms with Crippen LogP contribution in [-0.4, -0.2) is 27.8 Å². The Balaban J connectivity index is 1.56. The van der Waals surface area contributed by atoms with Crippen molar-refractivity contribution in [2.24, 2.45) is 4.99 Å². The Morgan fingerprint density at radius 3 is 2.78 bits per heavy atom. The predicted molar refractivity (Wildman–Crippen MR) is 125 cm³/mol. The van der Waals surface area contributed by atoms with Crippen molar-refractivity contribution < 1.29 is 14.3 Å². The van der Waals surface area contributed by atoms with Crippen molar-refractivity contribution in [3.8, 4) is 34.1 Å². The fraction of sp³-hybridized carbons (Fsp3) is 0.0400. The lowest BCUT2D eigenvalue weighted by Gasteiger charge is -2.05. The molecular weight excluding hydrogens is 426 g/mol. The molecule has 0 amide bonds. The van der Waals surface area contributed by atoms with E-state index in [0.717, 1.165) is 16.8 Å². The Hall–Kier alpha value is -4.03. The summed E-state index contributed by atoms with van der Waals surface area (Å²) in [5, 5.41) is 10.6. The van der Waals surface area contributed by atoms with Gasteiger partial charge in [0.2, 0.25) is 0 Å². The van der Waals surface area contributed by atoms with Gasteiger partial charge in [-0.3, -0.25) is 4.40 Å². The molecule has 0 saturated heterocycles. The molecule has 0 bridgehead atoms. The van der Waals surface area contributed by atoms with E-state index < -0.39 is 0 Å². The highest BCUT2D eigenvalue weighted by Crippen LogP contribution is 2.36. The normalized spacial score (nSPS) is 11.4. The van der Waals surface area contributed by atoms with Gasteiger partial charge in [0.15, 0.2) is 17.3 Å². The number of aliphatic imine (C=N–C) groups is 1. The van der Waals surface area contributed by atoms with Crippen LogP contribution in [0.2, 0.25) is 5.02 Å². The highest BCUT2D eigenvalue weighted by atomic mass is 35.5. The van der Waals surface area contributed by atoms with E-state index in [1.807, 2.05) is 65.2 Å². The van der Waals surface area contributed by atoms with Gasteiger partial charge >= 0.3 is 0 Å². The average molecular weight is 444 g/mol. The average Bonchev–Trinajstić information content (AvgIpc) is 3.43. The highest BCUT2D eigenvalue weighted by Gasteiger charge is 2.15. The molecule has 5 aromatic rings. The zero-order chi connectivity index (χ0) is 22.1. The minimum absolute atomic E-state index is 0.0641. The van der Waals surface area contributed by atoms with Gasteiger partial charge < -0.3 is 14.3 Å². The van der Waals surface area contributed by atoms with Gasteiger partial charge in [-0.05, 0) is 54.6 Å². The van der Waals surface area contributed by atoms with Crippen LogP contribution in [0.3, 0.4) is 0 Å². The Morgan fingerprint density at radius 1 is 1.03 bits per heavy atom. The van der Waals surface area contributed by atoms with E-state index in [4.69, 9.17) is 30.7 Å². The van der Waals surface area contributed by atoms with E-state index in [1.54, 1.807) is 24.4 Å². The number of benzene rings is 2. The summed E-state index contributed by atoms with van der Waals surface area (Å²) in [4.78, 5) is 9.43. The molecule has 0 radical (unpaired) electrons. The number of methoxy groups -OCH3 is 1. The largest absolute Gasteiger partial charge is 0.504 e. The first-order valence-electron chi connectivity index (χ1n) is 9.87. The van der Waals surface area contributed by atoms with E-state index in [9.17, 15) is 5.11 Å². The second-order valence-electron chi connectivity index (χ2n) is 7.07. The third kappa shape index (κ3) is 3.72. The number of nitrogens with zero attached hydrogens (tertiary/aromatic N) is 3. The molecule has 6 nitrogen and oxygen atoms in total. The number of phenols is 1. The van der Waals surface area contributed by atoms with Gasteiger partial charge in [-0.15, -0.1) is 0 Å². The number of furan rings is 1. The van der Waals surface area contributed by atoms with Crippen LogP contribution >= 0.6 is 11.6 Å². The monoisotopic (exact) mass is 443 g/mol. The number of hydrogen-bond donors (Lipinski definition) is 1. The van der Waals surface area contributed by atoms with E-state index in [0.29, 0.717) is 33.8 Å². The summed E-state index contributed by atoms with van der Waals surface area (Å²) in [6, 6.07) is 22.1. The SMILES string of the molecule is COc1cc(-c2nc3ccccn3c2/N=C/c2ccc(-c3cccc(Cl)c3)o2)ccc1O. The summed E-state index contributed by atoms with van der Waals surface area (Å²) >= 11 is 6.09. The first-order chi connectivity index (χ1) is 15.6. The number of hydrogen-bond acceptors (Lipinski definition) is 5. The summed E-state index contributed by atoms with van der Waals surface area (Å²) in [6.07, 6.45) is 3.56. The summed E-state index contributed by atoms with van der Waals surface area (Å²) < 4.78 is 13.1. The van der Waals surface area contributed by atoms with Crippen molar-refractivity contribution in [1.29, 1.82) is 0 Å². The highest BCUT2D eigenvalue weighted by molar-refractivity contribution is 6.30. The summed E-state index contributed by atoms with van der Waals surface area (Å²) in [5.41, 5.74) is 3.08. The molecule has 0 atom stereocenters. The predicted octanol–water partition coefficient (Wildman–Crippen LogP) is 6.38. The molecule has 0 fully saturated rings. The lowest BCUT2D eigenvalue weighted by Crippen LogP contribution is -1.86. The van der Waals surface area contributed by atoms with Crippen LogP contribution in [-0.2, 0) is 0 Å². The van der Waals surface area contributed by atoms with Crippen molar-refractivity contribution in [2.45, 2.75) is 0 Å². The maximum atomic E-state index is 9.96. The van der Waals surface area contributed by atoms with Crippen LogP contribution < -0.4 is 4.74 Å². The Morgan fingerprint density at radius 2 is 1.94 bits per heavy atom. The molecule has 3 heterocycles. The van der Waals surface area contributed by atoms with Crippen LogP contribution in [0.25, 0.3) is 28.2 Å². The molecule has 5 rings (SSSR count). The molecule has 158 valence electrons. The quantitative estimate of drug-likeness (QED) is 0.320. The number of aromatic hydroxyl groups is 1. The van der Waals surface area contributed by atoms with E-state index in [2.05, 4.69) is 0 Å². The van der Waals surface area contributed by atoms with Crippen molar-refractivity contribution in [1.82, 2.24) is 9.38 Å². The summed E-state index contributed by atoms with van der Waals surface area (Å²) in [6.45, 7) is 0. The van der Waals surface area contributed by atoms with Gasteiger partial charge in [-0.1, -0.05) is 29.8 Å². The number of pyridine rings is 1. The zero-order valence-electron chi connectivity index (χ0n) is 17.1. The van der Waals surface area contributed by atoms with Gasteiger partial charge in [0.05, 0.1) is 13.3 Å². The summed E-state index contributed by atoms with van der Waals surface area (Å²) in [5.74, 6) is 2.37. The lowest BCUT2D eigenvalue weighted by atomic mass is 10.1. The van der Waals surface area contributed by atoms with Crippen molar-refractivity contribution in [3.63, 3.8) is 0 Å². The number of rotatable bonds is 5. The molecular formula is C25H18ClN3O3. The molecule has 0 saturated carbocycles. The number of phenolic OH excluding ortho intramolecular Hbond substituents is 1. The maximum absolute atomic E-state index is 9.96. The van der Waals surface area contributed by atoms with Gasteiger partial charge in [-0.25, -0.2) is 9.98 Å². The van der Waals surface area contributed by atoms with E-state index in [-0.39, 0.29) is 5.75 Å². The van der Waals surface area contributed by atoms with Crippen LogP contribution in [0, 0.1) is 0 Å². The first-order valence-corrected chi connectivity index (χ1v) is 10.2. The maximum Gasteiger partial charge on any atom is 0.165 e. The molecule has 0 spiro atoms. The van der Waals surface area contributed by atoms with E-state index in [1.165, 1.54) is 7.11 Å². The molecule has 0 aliphatic carbocycles. The molecule has 7 heteroatoms. The van der Waals surface area contributed by atoms with Crippen LogP contribution in [0.1, 0.15) is 5.76 Å². The Labute approximate surface area is 189 Å². The van der Waals surface area contributed by atoms with Gasteiger partial charge in [0, 0.05) is 22.3 Å².